The Bertz CT molecular complexity index is 397. The Morgan fingerprint density at radius 2 is 1.83 bits per heavy atom. The molecule has 1 aliphatic rings. The van der Waals surface area contributed by atoms with Crippen LogP contribution in [0.25, 0.3) is 0 Å². The standard InChI is InChI=1S/C13H18N2O3/c1-18-12-4-2-11(3-5-12)14-6-8-15(9-7-14)13(17)10-16/h2-5,16H,6-10H2,1H3. The molecule has 1 aliphatic heterocycles. The minimum Gasteiger partial charge on any atom is -0.497 e. The van der Waals surface area contributed by atoms with Crippen molar-refractivity contribution in [2.45, 2.75) is 0 Å². The van der Waals surface area contributed by atoms with Crippen molar-refractivity contribution in [2.75, 3.05) is 44.8 Å². The second kappa shape index (κ2) is 5.73. The van der Waals surface area contributed by atoms with Gasteiger partial charge >= 0.3 is 0 Å². The third kappa shape index (κ3) is 2.73. The van der Waals surface area contributed by atoms with E-state index in [1.807, 2.05) is 24.3 Å². The molecule has 0 saturated carbocycles. The number of anilines is 1. The predicted molar refractivity (Wildman–Crippen MR) is 68.9 cm³/mol. The van der Waals surface area contributed by atoms with E-state index >= 15 is 0 Å². The van der Waals surface area contributed by atoms with Crippen LogP contribution < -0.4 is 9.64 Å². The van der Waals surface area contributed by atoms with Crippen LogP contribution >= 0.6 is 0 Å². The van der Waals surface area contributed by atoms with Crippen LogP contribution in [-0.4, -0.2) is 55.8 Å². The number of piperazine rings is 1. The third-order valence-electron chi connectivity index (χ3n) is 3.21. The van der Waals surface area contributed by atoms with E-state index in [0.717, 1.165) is 24.5 Å². The fraction of sp³-hybridized carbons (Fsp3) is 0.462. The molecule has 0 bridgehead atoms. The first-order chi connectivity index (χ1) is 8.74. The van der Waals surface area contributed by atoms with Gasteiger partial charge in [0.05, 0.1) is 7.11 Å². The maximum atomic E-state index is 11.3. The highest BCUT2D eigenvalue weighted by atomic mass is 16.5. The largest absolute Gasteiger partial charge is 0.497 e. The average Bonchev–Trinajstić information content (AvgIpc) is 2.47. The molecule has 0 atom stereocenters. The van der Waals surface area contributed by atoms with Crippen LogP contribution in [0.4, 0.5) is 5.69 Å². The number of ether oxygens (including phenoxy) is 1. The summed E-state index contributed by atoms with van der Waals surface area (Å²) in [5.74, 6) is 0.650. The van der Waals surface area contributed by atoms with Gasteiger partial charge in [-0.2, -0.15) is 0 Å². The molecule has 1 aromatic rings. The number of rotatable bonds is 3. The number of hydrogen-bond acceptors (Lipinski definition) is 4. The summed E-state index contributed by atoms with van der Waals surface area (Å²) in [4.78, 5) is 15.3. The smallest absolute Gasteiger partial charge is 0.248 e. The Morgan fingerprint density at radius 1 is 1.22 bits per heavy atom. The normalized spacial score (nSPS) is 15.7. The SMILES string of the molecule is COc1ccc(N2CCN(C(=O)CO)CC2)cc1. The number of benzene rings is 1. The Labute approximate surface area is 107 Å². The Hall–Kier alpha value is -1.75. The zero-order valence-electron chi connectivity index (χ0n) is 10.5. The van der Waals surface area contributed by atoms with Crippen LogP contribution in [-0.2, 0) is 4.79 Å². The van der Waals surface area contributed by atoms with Gasteiger partial charge in [0.1, 0.15) is 12.4 Å². The molecule has 5 heteroatoms. The summed E-state index contributed by atoms with van der Waals surface area (Å²) in [6.07, 6.45) is 0. The molecule has 0 aromatic heterocycles. The number of aliphatic hydroxyl groups excluding tert-OH is 1. The van der Waals surface area contributed by atoms with Gasteiger partial charge in [0.25, 0.3) is 0 Å². The minimum atomic E-state index is -0.400. The number of hydrogen-bond donors (Lipinski definition) is 1. The molecule has 18 heavy (non-hydrogen) atoms. The number of carbonyl (C=O) groups is 1. The molecule has 0 radical (unpaired) electrons. The maximum absolute atomic E-state index is 11.3. The number of carbonyl (C=O) groups excluding carboxylic acids is 1. The lowest BCUT2D eigenvalue weighted by atomic mass is 10.2. The zero-order chi connectivity index (χ0) is 13.0. The summed E-state index contributed by atoms with van der Waals surface area (Å²) >= 11 is 0. The quantitative estimate of drug-likeness (QED) is 0.840. The molecule has 1 saturated heterocycles. The van der Waals surface area contributed by atoms with Crippen LogP contribution in [0, 0.1) is 0 Å². The second-order valence-corrected chi connectivity index (χ2v) is 4.22. The van der Waals surface area contributed by atoms with E-state index in [-0.39, 0.29) is 5.91 Å². The molecular weight excluding hydrogens is 232 g/mol. The predicted octanol–water partition coefficient (Wildman–Crippen LogP) is 0.336. The van der Waals surface area contributed by atoms with E-state index in [9.17, 15) is 4.79 Å². The highest BCUT2D eigenvalue weighted by molar-refractivity contribution is 5.77. The van der Waals surface area contributed by atoms with Crippen molar-refractivity contribution in [1.29, 1.82) is 0 Å². The van der Waals surface area contributed by atoms with Crippen LogP contribution in [0.2, 0.25) is 0 Å². The third-order valence-corrected chi connectivity index (χ3v) is 3.21. The van der Waals surface area contributed by atoms with Gasteiger partial charge in [-0.3, -0.25) is 4.79 Å². The lowest BCUT2D eigenvalue weighted by Gasteiger charge is -2.35. The lowest BCUT2D eigenvalue weighted by molar-refractivity contribution is -0.134. The molecule has 1 fully saturated rings. The first-order valence-corrected chi connectivity index (χ1v) is 6.02. The van der Waals surface area contributed by atoms with Gasteiger partial charge in [0.2, 0.25) is 5.91 Å². The average molecular weight is 250 g/mol. The summed E-state index contributed by atoms with van der Waals surface area (Å²) in [5, 5.41) is 8.81. The second-order valence-electron chi connectivity index (χ2n) is 4.22. The molecule has 98 valence electrons. The van der Waals surface area contributed by atoms with Gasteiger partial charge in [-0.25, -0.2) is 0 Å². The summed E-state index contributed by atoms with van der Waals surface area (Å²) in [5.41, 5.74) is 1.13. The van der Waals surface area contributed by atoms with Gasteiger partial charge in [-0.05, 0) is 24.3 Å². The van der Waals surface area contributed by atoms with Gasteiger partial charge in [-0.15, -0.1) is 0 Å². The van der Waals surface area contributed by atoms with Crippen molar-refractivity contribution in [1.82, 2.24) is 4.90 Å². The van der Waals surface area contributed by atoms with E-state index in [0.29, 0.717) is 13.1 Å². The van der Waals surface area contributed by atoms with Crippen LogP contribution in [0.5, 0.6) is 5.75 Å². The molecule has 1 aromatic carbocycles. The topological polar surface area (TPSA) is 53.0 Å². The fourth-order valence-corrected chi connectivity index (χ4v) is 2.11. The van der Waals surface area contributed by atoms with E-state index in [1.165, 1.54) is 0 Å². The van der Waals surface area contributed by atoms with Crippen molar-refractivity contribution in [3.05, 3.63) is 24.3 Å². The molecule has 1 heterocycles. The number of methoxy groups -OCH3 is 1. The Balaban J connectivity index is 1.94. The van der Waals surface area contributed by atoms with E-state index < -0.39 is 6.61 Å². The van der Waals surface area contributed by atoms with E-state index in [4.69, 9.17) is 9.84 Å². The molecule has 0 aliphatic carbocycles. The Morgan fingerprint density at radius 3 is 2.33 bits per heavy atom. The monoisotopic (exact) mass is 250 g/mol. The highest BCUT2D eigenvalue weighted by Crippen LogP contribution is 2.20. The zero-order valence-corrected chi connectivity index (χ0v) is 10.5. The highest BCUT2D eigenvalue weighted by Gasteiger charge is 2.20. The van der Waals surface area contributed by atoms with Gasteiger partial charge in [0, 0.05) is 31.9 Å². The molecule has 0 spiro atoms. The minimum absolute atomic E-state index is 0.190. The number of nitrogens with zero attached hydrogens (tertiary/aromatic N) is 2. The van der Waals surface area contributed by atoms with Gasteiger partial charge in [-0.1, -0.05) is 0 Å². The molecule has 1 N–H and O–H groups in total. The van der Waals surface area contributed by atoms with Crippen LogP contribution in [0.3, 0.4) is 0 Å². The lowest BCUT2D eigenvalue weighted by Crippen LogP contribution is -2.49. The first-order valence-electron chi connectivity index (χ1n) is 6.02. The van der Waals surface area contributed by atoms with Gasteiger partial charge in [0.15, 0.2) is 0 Å². The summed E-state index contributed by atoms with van der Waals surface area (Å²) in [7, 11) is 1.65. The van der Waals surface area contributed by atoms with Crippen molar-refractivity contribution >= 4 is 11.6 Å². The number of aliphatic hydroxyl groups is 1. The van der Waals surface area contributed by atoms with Crippen molar-refractivity contribution < 1.29 is 14.6 Å². The van der Waals surface area contributed by atoms with Crippen molar-refractivity contribution in [3.63, 3.8) is 0 Å². The maximum Gasteiger partial charge on any atom is 0.248 e. The molecule has 0 unspecified atom stereocenters. The van der Waals surface area contributed by atoms with Gasteiger partial charge < -0.3 is 19.6 Å². The van der Waals surface area contributed by atoms with E-state index in [1.54, 1.807) is 12.0 Å². The molecular formula is C13H18N2O3. The van der Waals surface area contributed by atoms with Crippen molar-refractivity contribution in [2.24, 2.45) is 0 Å². The first kappa shape index (κ1) is 12.7. The van der Waals surface area contributed by atoms with E-state index in [2.05, 4.69) is 4.90 Å². The Kier molecular flexibility index (Phi) is 4.04. The summed E-state index contributed by atoms with van der Waals surface area (Å²) < 4.78 is 5.12. The number of amides is 1. The summed E-state index contributed by atoms with van der Waals surface area (Å²) in [6, 6.07) is 7.89. The van der Waals surface area contributed by atoms with Crippen molar-refractivity contribution in [3.8, 4) is 5.75 Å². The van der Waals surface area contributed by atoms with Crippen LogP contribution in [0.15, 0.2) is 24.3 Å². The van der Waals surface area contributed by atoms with Crippen LogP contribution in [0.1, 0.15) is 0 Å². The summed E-state index contributed by atoms with van der Waals surface area (Å²) in [6.45, 7) is 2.50. The molecule has 1 amide bonds. The molecule has 5 nitrogen and oxygen atoms in total. The fourth-order valence-electron chi connectivity index (χ4n) is 2.11. The molecule has 2 rings (SSSR count).